The molecule has 0 aromatic carbocycles. The minimum atomic E-state index is 0.224. The van der Waals surface area contributed by atoms with Gasteiger partial charge < -0.3 is 9.73 Å². The molecule has 2 nitrogen and oxygen atoms in total. The largest absolute Gasteiger partial charge is 0.466 e. The number of hydrogen-bond donors (Lipinski definition) is 1. The minimum absolute atomic E-state index is 0.224. The minimum Gasteiger partial charge on any atom is -0.466 e. The van der Waals surface area contributed by atoms with Gasteiger partial charge in [0.1, 0.15) is 11.5 Å². The summed E-state index contributed by atoms with van der Waals surface area (Å²) in [5.74, 6) is 1.95. The van der Waals surface area contributed by atoms with E-state index in [0.29, 0.717) is 0 Å². The second-order valence-electron chi connectivity index (χ2n) is 4.10. The molecule has 2 heteroatoms. The highest BCUT2D eigenvalue weighted by Gasteiger charge is 2.16. The van der Waals surface area contributed by atoms with Crippen LogP contribution in [-0.2, 0) is 0 Å². The van der Waals surface area contributed by atoms with Crippen LogP contribution in [0.4, 0.5) is 0 Å². The van der Waals surface area contributed by atoms with Crippen LogP contribution in [0.5, 0.6) is 0 Å². The lowest BCUT2D eigenvalue weighted by molar-refractivity contribution is 0.493. The summed E-state index contributed by atoms with van der Waals surface area (Å²) in [5.41, 5.74) is 2.35. The zero-order valence-corrected chi connectivity index (χ0v) is 10.2. The summed E-state index contributed by atoms with van der Waals surface area (Å²) in [4.78, 5) is 0. The Morgan fingerprint density at radius 3 is 2.60 bits per heavy atom. The predicted molar refractivity (Wildman–Crippen MR) is 64.0 cm³/mol. The van der Waals surface area contributed by atoms with Crippen molar-refractivity contribution < 1.29 is 4.42 Å². The van der Waals surface area contributed by atoms with Crippen molar-refractivity contribution in [2.45, 2.75) is 40.2 Å². The van der Waals surface area contributed by atoms with Crippen LogP contribution >= 0.6 is 0 Å². The molecule has 1 aromatic rings. The van der Waals surface area contributed by atoms with E-state index >= 15 is 0 Å². The average molecular weight is 207 g/mol. The molecule has 0 fully saturated rings. The van der Waals surface area contributed by atoms with E-state index in [0.717, 1.165) is 30.1 Å². The molecule has 0 aliphatic heterocycles. The number of aryl methyl sites for hydroxylation is 2. The van der Waals surface area contributed by atoms with Gasteiger partial charge in [-0.05, 0) is 39.8 Å². The van der Waals surface area contributed by atoms with E-state index in [4.69, 9.17) is 4.42 Å². The van der Waals surface area contributed by atoms with Gasteiger partial charge in [-0.3, -0.25) is 0 Å². The summed E-state index contributed by atoms with van der Waals surface area (Å²) in [6, 6.07) is 2.32. The van der Waals surface area contributed by atoms with E-state index in [9.17, 15) is 0 Å². The summed E-state index contributed by atoms with van der Waals surface area (Å²) >= 11 is 0. The van der Waals surface area contributed by atoms with E-state index in [1.807, 2.05) is 13.8 Å². The van der Waals surface area contributed by atoms with Gasteiger partial charge in [0, 0.05) is 5.56 Å². The lowest BCUT2D eigenvalue weighted by Gasteiger charge is -2.17. The molecule has 1 heterocycles. The maximum atomic E-state index is 5.54. The van der Waals surface area contributed by atoms with Crippen molar-refractivity contribution >= 4 is 0 Å². The molecule has 0 saturated carbocycles. The first-order valence-corrected chi connectivity index (χ1v) is 5.52. The van der Waals surface area contributed by atoms with Gasteiger partial charge in [-0.2, -0.15) is 0 Å². The first-order valence-electron chi connectivity index (χ1n) is 5.52. The molecule has 1 rings (SSSR count). The zero-order valence-electron chi connectivity index (χ0n) is 10.2. The third kappa shape index (κ3) is 2.96. The SMILES string of the molecule is C=C(C)C(NCCC)c1cc(C)oc1C. The average Bonchev–Trinajstić information content (AvgIpc) is 2.46. The molecule has 1 N–H and O–H groups in total. The Bertz CT molecular complexity index is 338. The van der Waals surface area contributed by atoms with Gasteiger partial charge in [0.05, 0.1) is 6.04 Å². The number of nitrogens with one attached hydrogen (secondary N) is 1. The molecular weight excluding hydrogens is 186 g/mol. The van der Waals surface area contributed by atoms with Gasteiger partial charge in [-0.25, -0.2) is 0 Å². The maximum Gasteiger partial charge on any atom is 0.106 e. The Labute approximate surface area is 92.4 Å². The third-order valence-electron chi connectivity index (χ3n) is 2.48. The molecule has 1 aromatic heterocycles. The van der Waals surface area contributed by atoms with Crippen LogP contribution in [0.25, 0.3) is 0 Å². The van der Waals surface area contributed by atoms with Gasteiger partial charge in [0.25, 0.3) is 0 Å². The molecule has 1 atom stereocenters. The van der Waals surface area contributed by atoms with Crippen LogP contribution in [0.2, 0.25) is 0 Å². The van der Waals surface area contributed by atoms with Crippen molar-refractivity contribution in [3.8, 4) is 0 Å². The fourth-order valence-electron chi connectivity index (χ4n) is 1.78. The quantitative estimate of drug-likeness (QED) is 0.747. The summed E-state index contributed by atoms with van der Waals surface area (Å²) < 4.78 is 5.54. The van der Waals surface area contributed by atoms with Crippen LogP contribution in [0.1, 0.15) is 43.4 Å². The molecular formula is C13H21NO. The zero-order chi connectivity index (χ0) is 11.4. The molecule has 0 spiro atoms. The summed E-state index contributed by atoms with van der Waals surface area (Å²) in [5, 5.41) is 3.48. The molecule has 0 aliphatic rings. The molecule has 0 amide bonds. The van der Waals surface area contributed by atoms with E-state index in [1.165, 1.54) is 5.56 Å². The Morgan fingerprint density at radius 2 is 2.20 bits per heavy atom. The second-order valence-corrected chi connectivity index (χ2v) is 4.10. The van der Waals surface area contributed by atoms with Gasteiger partial charge in [0.15, 0.2) is 0 Å². The van der Waals surface area contributed by atoms with Crippen molar-refractivity contribution in [1.82, 2.24) is 5.32 Å². The Kier molecular flexibility index (Phi) is 4.15. The highest BCUT2D eigenvalue weighted by molar-refractivity contribution is 5.30. The van der Waals surface area contributed by atoms with Crippen molar-refractivity contribution in [1.29, 1.82) is 0 Å². The number of hydrogen-bond acceptors (Lipinski definition) is 2. The summed E-state index contributed by atoms with van der Waals surface area (Å²) in [6.07, 6.45) is 1.12. The fourth-order valence-corrected chi connectivity index (χ4v) is 1.78. The van der Waals surface area contributed by atoms with Crippen molar-refractivity contribution in [3.05, 3.63) is 35.3 Å². The van der Waals surface area contributed by atoms with Gasteiger partial charge >= 0.3 is 0 Å². The normalized spacial score (nSPS) is 12.8. The number of rotatable bonds is 5. The third-order valence-corrected chi connectivity index (χ3v) is 2.48. The van der Waals surface area contributed by atoms with Gasteiger partial charge in [-0.15, -0.1) is 0 Å². The first-order chi connectivity index (χ1) is 7.06. The van der Waals surface area contributed by atoms with Crippen LogP contribution < -0.4 is 5.32 Å². The van der Waals surface area contributed by atoms with E-state index in [2.05, 4.69) is 31.8 Å². The highest BCUT2D eigenvalue weighted by atomic mass is 16.3. The summed E-state index contributed by atoms with van der Waals surface area (Å²) in [7, 11) is 0. The Morgan fingerprint density at radius 1 is 1.53 bits per heavy atom. The fraction of sp³-hybridized carbons (Fsp3) is 0.538. The molecule has 15 heavy (non-hydrogen) atoms. The van der Waals surface area contributed by atoms with Crippen LogP contribution in [0, 0.1) is 13.8 Å². The molecule has 0 saturated heterocycles. The van der Waals surface area contributed by atoms with E-state index < -0.39 is 0 Å². The molecule has 0 bridgehead atoms. The van der Waals surface area contributed by atoms with E-state index in [1.54, 1.807) is 0 Å². The summed E-state index contributed by atoms with van der Waals surface area (Å²) in [6.45, 7) is 13.2. The highest BCUT2D eigenvalue weighted by Crippen LogP contribution is 2.26. The molecule has 1 unspecified atom stereocenters. The topological polar surface area (TPSA) is 25.2 Å². The van der Waals surface area contributed by atoms with Gasteiger partial charge in [0.2, 0.25) is 0 Å². The van der Waals surface area contributed by atoms with Crippen molar-refractivity contribution in [2.75, 3.05) is 6.54 Å². The second kappa shape index (κ2) is 5.17. The smallest absolute Gasteiger partial charge is 0.106 e. The van der Waals surface area contributed by atoms with Crippen LogP contribution in [-0.4, -0.2) is 6.54 Å². The lowest BCUT2D eigenvalue weighted by Crippen LogP contribution is -2.22. The van der Waals surface area contributed by atoms with E-state index in [-0.39, 0.29) is 6.04 Å². The number of furan rings is 1. The molecule has 0 aliphatic carbocycles. The predicted octanol–water partition coefficient (Wildman–Crippen LogP) is 3.51. The standard InChI is InChI=1S/C13H21NO/c1-6-7-14-13(9(2)3)12-8-10(4)15-11(12)5/h8,13-14H,2,6-7H2,1,3-5H3. The maximum absolute atomic E-state index is 5.54. The Hall–Kier alpha value is -1.02. The Balaban J connectivity index is 2.88. The lowest BCUT2D eigenvalue weighted by atomic mass is 10.0. The molecule has 0 radical (unpaired) electrons. The molecule has 84 valence electrons. The van der Waals surface area contributed by atoms with Gasteiger partial charge in [-0.1, -0.05) is 19.1 Å². The van der Waals surface area contributed by atoms with Crippen LogP contribution in [0.3, 0.4) is 0 Å². The monoisotopic (exact) mass is 207 g/mol. The van der Waals surface area contributed by atoms with Crippen LogP contribution in [0.15, 0.2) is 22.6 Å². The van der Waals surface area contributed by atoms with Crippen molar-refractivity contribution in [2.24, 2.45) is 0 Å². The van der Waals surface area contributed by atoms with Crippen molar-refractivity contribution in [3.63, 3.8) is 0 Å². The first kappa shape index (κ1) is 12.1.